The average Bonchev–Trinajstić information content (AvgIpc) is 3.10. The first kappa shape index (κ1) is 11.3. The molecule has 17 heavy (non-hydrogen) atoms. The third-order valence-corrected chi connectivity index (χ3v) is 4.63. The molecule has 0 unspecified atom stereocenters. The van der Waals surface area contributed by atoms with Gasteiger partial charge in [0.05, 0.1) is 5.60 Å². The number of rotatable bonds is 2. The van der Waals surface area contributed by atoms with Crippen molar-refractivity contribution in [3.63, 3.8) is 0 Å². The number of aliphatic hydroxyl groups is 1. The molecule has 0 aliphatic heterocycles. The van der Waals surface area contributed by atoms with E-state index in [0.717, 1.165) is 30.2 Å². The maximum atomic E-state index is 10.2. The third-order valence-electron chi connectivity index (χ3n) is 4.63. The maximum Gasteiger partial charge on any atom is 0.0899 e. The van der Waals surface area contributed by atoms with Gasteiger partial charge in [0.15, 0.2) is 0 Å². The van der Waals surface area contributed by atoms with Crippen LogP contribution in [0.15, 0.2) is 24.3 Å². The molecule has 0 saturated heterocycles. The van der Waals surface area contributed by atoms with Crippen LogP contribution in [0.4, 0.5) is 0 Å². The molecule has 2 aliphatic carbocycles. The fraction of sp³-hybridized carbons (Fsp3) is 0.625. The molecule has 3 rings (SSSR count). The normalized spacial score (nSPS) is 31.2. The van der Waals surface area contributed by atoms with Crippen molar-refractivity contribution in [2.24, 2.45) is 5.92 Å². The monoisotopic (exact) mass is 230 g/mol. The first-order valence-electron chi connectivity index (χ1n) is 7.00. The van der Waals surface area contributed by atoms with Gasteiger partial charge in [-0.15, -0.1) is 0 Å². The zero-order valence-electron chi connectivity index (χ0n) is 10.7. The summed E-state index contributed by atoms with van der Waals surface area (Å²) in [4.78, 5) is 0. The van der Waals surface area contributed by atoms with Gasteiger partial charge in [-0.1, -0.05) is 44.0 Å². The lowest BCUT2D eigenvalue weighted by molar-refractivity contribution is 0.151. The Balaban J connectivity index is 1.79. The van der Waals surface area contributed by atoms with Crippen molar-refractivity contribution >= 4 is 0 Å². The predicted octanol–water partition coefficient (Wildman–Crippen LogP) is 3.96. The van der Waals surface area contributed by atoms with Crippen molar-refractivity contribution in [2.75, 3.05) is 0 Å². The molecule has 0 radical (unpaired) electrons. The molecule has 92 valence electrons. The Labute approximate surface area is 104 Å². The zero-order chi connectivity index (χ0) is 11.9. The lowest BCUT2D eigenvalue weighted by Gasteiger charge is -2.27. The fourth-order valence-corrected chi connectivity index (χ4v) is 3.08. The average molecular weight is 230 g/mol. The fourth-order valence-electron chi connectivity index (χ4n) is 3.08. The standard InChI is InChI=1S/C16H22O/c1-12-5-7-13(8-6-12)14-3-2-4-15(11-14)16(17)9-10-16/h2-4,11-13,17H,5-10H2,1H3. The minimum absolute atomic E-state index is 0.474. The highest BCUT2D eigenvalue weighted by Gasteiger charge is 2.42. The summed E-state index contributed by atoms with van der Waals surface area (Å²) in [6.45, 7) is 2.36. The van der Waals surface area contributed by atoms with Gasteiger partial charge in [-0.3, -0.25) is 0 Å². The van der Waals surface area contributed by atoms with E-state index in [2.05, 4.69) is 31.2 Å². The van der Waals surface area contributed by atoms with Crippen LogP contribution in [0.2, 0.25) is 0 Å². The van der Waals surface area contributed by atoms with E-state index in [1.807, 2.05) is 0 Å². The largest absolute Gasteiger partial charge is 0.385 e. The summed E-state index contributed by atoms with van der Waals surface area (Å²) in [5.41, 5.74) is 2.13. The highest BCUT2D eigenvalue weighted by atomic mass is 16.3. The van der Waals surface area contributed by atoms with Crippen LogP contribution in [-0.2, 0) is 5.60 Å². The van der Waals surface area contributed by atoms with Crippen molar-refractivity contribution < 1.29 is 5.11 Å². The molecule has 2 fully saturated rings. The SMILES string of the molecule is CC1CCC(c2cccc(C3(O)CC3)c2)CC1. The Hall–Kier alpha value is -0.820. The van der Waals surface area contributed by atoms with Crippen molar-refractivity contribution in [1.29, 1.82) is 0 Å². The van der Waals surface area contributed by atoms with Gasteiger partial charge in [-0.2, -0.15) is 0 Å². The highest BCUT2D eigenvalue weighted by molar-refractivity contribution is 5.33. The van der Waals surface area contributed by atoms with Crippen molar-refractivity contribution in [2.45, 2.75) is 57.0 Å². The zero-order valence-corrected chi connectivity index (χ0v) is 10.7. The van der Waals surface area contributed by atoms with Crippen molar-refractivity contribution in [1.82, 2.24) is 0 Å². The van der Waals surface area contributed by atoms with E-state index in [1.54, 1.807) is 0 Å². The summed E-state index contributed by atoms with van der Waals surface area (Å²) in [5, 5.41) is 10.2. The molecule has 0 aromatic heterocycles. The minimum atomic E-state index is -0.474. The maximum absolute atomic E-state index is 10.2. The molecule has 0 atom stereocenters. The molecular formula is C16H22O. The summed E-state index contributed by atoms with van der Waals surface area (Å²) < 4.78 is 0. The number of hydrogen-bond acceptors (Lipinski definition) is 1. The summed E-state index contributed by atoms with van der Waals surface area (Å²) in [7, 11) is 0. The van der Waals surface area contributed by atoms with E-state index in [0.29, 0.717) is 0 Å². The quantitative estimate of drug-likeness (QED) is 0.815. The first-order valence-corrected chi connectivity index (χ1v) is 7.00. The van der Waals surface area contributed by atoms with E-state index < -0.39 is 5.60 Å². The molecule has 1 nitrogen and oxygen atoms in total. The van der Waals surface area contributed by atoms with Gasteiger partial charge in [0.1, 0.15) is 0 Å². The second-order valence-corrected chi connectivity index (χ2v) is 6.11. The van der Waals surface area contributed by atoms with Crippen LogP contribution < -0.4 is 0 Å². The topological polar surface area (TPSA) is 20.2 Å². The Kier molecular flexibility index (Phi) is 2.74. The summed E-state index contributed by atoms with van der Waals surface area (Å²) in [5.74, 6) is 1.63. The lowest BCUT2D eigenvalue weighted by atomic mass is 9.79. The molecule has 1 heteroatoms. The second kappa shape index (κ2) is 4.13. The molecule has 0 heterocycles. The van der Waals surface area contributed by atoms with Crippen LogP contribution in [0.3, 0.4) is 0 Å². The molecule has 1 aromatic rings. The molecule has 2 saturated carbocycles. The van der Waals surface area contributed by atoms with Crippen LogP contribution >= 0.6 is 0 Å². The Morgan fingerprint density at radius 3 is 2.47 bits per heavy atom. The third kappa shape index (κ3) is 2.26. The van der Waals surface area contributed by atoms with Crippen LogP contribution in [0.1, 0.15) is 62.5 Å². The lowest BCUT2D eigenvalue weighted by Crippen LogP contribution is -2.12. The van der Waals surface area contributed by atoms with E-state index >= 15 is 0 Å². The van der Waals surface area contributed by atoms with Gasteiger partial charge in [0.2, 0.25) is 0 Å². The molecule has 2 aliphatic rings. The Morgan fingerprint density at radius 2 is 1.82 bits per heavy atom. The van der Waals surface area contributed by atoms with Gasteiger partial charge in [-0.25, -0.2) is 0 Å². The Morgan fingerprint density at radius 1 is 1.12 bits per heavy atom. The summed E-state index contributed by atoms with van der Waals surface area (Å²) >= 11 is 0. The number of hydrogen-bond donors (Lipinski definition) is 1. The Bertz CT molecular complexity index is 398. The number of benzene rings is 1. The van der Waals surface area contributed by atoms with E-state index in [-0.39, 0.29) is 0 Å². The molecule has 0 amide bonds. The molecule has 1 N–H and O–H groups in total. The second-order valence-electron chi connectivity index (χ2n) is 6.11. The molecular weight excluding hydrogens is 208 g/mol. The van der Waals surface area contributed by atoms with Crippen molar-refractivity contribution in [3.8, 4) is 0 Å². The molecule has 0 spiro atoms. The summed E-state index contributed by atoms with van der Waals surface area (Å²) in [6.07, 6.45) is 7.25. The van der Waals surface area contributed by atoms with Crippen LogP contribution in [0.25, 0.3) is 0 Å². The minimum Gasteiger partial charge on any atom is -0.385 e. The van der Waals surface area contributed by atoms with Crippen LogP contribution in [-0.4, -0.2) is 5.11 Å². The van der Waals surface area contributed by atoms with Gasteiger partial charge in [-0.05, 0) is 48.6 Å². The van der Waals surface area contributed by atoms with Gasteiger partial charge in [0, 0.05) is 0 Å². The summed E-state index contributed by atoms with van der Waals surface area (Å²) in [6, 6.07) is 8.71. The van der Waals surface area contributed by atoms with Crippen molar-refractivity contribution in [3.05, 3.63) is 35.4 Å². The highest BCUT2D eigenvalue weighted by Crippen LogP contribution is 2.46. The molecule has 0 bridgehead atoms. The van der Waals surface area contributed by atoms with E-state index in [1.165, 1.54) is 31.2 Å². The van der Waals surface area contributed by atoms with E-state index in [9.17, 15) is 5.11 Å². The predicted molar refractivity (Wildman–Crippen MR) is 69.9 cm³/mol. The van der Waals surface area contributed by atoms with Gasteiger partial charge in [0.25, 0.3) is 0 Å². The molecule has 1 aromatic carbocycles. The smallest absolute Gasteiger partial charge is 0.0899 e. The van der Waals surface area contributed by atoms with Crippen LogP contribution in [0, 0.1) is 5.92 Å². The van der Waals surface area contributed by atoms with Gasteiger partial charge >= 0.3 is 0 Å². The van der Waals surface area contributed by atoms with E-state index in [4.69, 9.17) is 0 Å². The van der Waals surface area contributed by atoms with Gasteiger partial charge < -0.3 is 5.11 Å². The first-order chi connectivity index (χ1) is 8.17. The van der Waals surface area contributed by atoms with Crippen LogP contribution in [0.5, 0.6) is 0 Å².